The van der Waals surface area contributed by atoms with Crippen molar-refractivity contribution in [2.24, 2.45) is 0 Å². The topological polar surface area (TPSA) is 35.5 Å². The van der Waals surface area contributed by atoms with Crippen molar-refractivity contribution in [2.45, 2.75) is 118 Å². The molecule has 0 aromatic rings. The minimum absolute atomic E-state index is 0.369. The molecule has 0 atom stereocenters. The number of hydrogen-bond acceptors (Lipinski definition) is 3. The van der Waals surface area contributed by atoms with Crippen molar-refractivity contribution < 1.29 is 14.6 Å². The molecule has 3 nitrogen and oxygen atoms in total. The predicted octanol–water partition coefficient (Wildman–Crippen LogP) is 6.60. The van der Waals surface area contributed by atoms with Crippen molar-refractivity contribution in [3.8, 4) is 0 Å². The Bertz CT molecular complexity index is 227. The van der Waals surface area contributed by atoms with Crippen molar-refractivity contribution in [1.82, 2.24) is 0 Å². The summed E-state index contributed by atoms with van der Waals surface area (Å²) in [6.07, 6.45) is 15.2. The van der Waals surface area contributed by atoms with E-state index in [-0.39, 0.29) is 5.60 Å². The molecule has 0 N–H and O–H groups in total. The first-order valence-electron chi connectivity index (χ1n) is 9.25. The third-order valence-corrected chi connectivity index (χ3v) is 3.69. The lowest BCUT2D eigenvalue weighted by Gasteiger charge is -2.19. The van der Waals surface area contributed by atoms with Crippen molar-refractivity contribution in [2.75, 3.05) is 0 Å². The maximum absolute atomic E-state index is 10.3. The van der Waals surface area contributed by atoms with Gasteiger partial charge in [0.1, 0.15) is 5.60 Å². The summed E-state index contributed by atoms with van der Waals surface area (Å²) in [6.45, 7) is 11.5. The monoisotopic (exact) mass is 316 g/mol. The molecule has 0 unspecified atom stereocenters. The van der Waals surface area contributed by atoms with Gasteiger partial charge in [-0.25, -0.2) is 4.79 Å². The fourth-order valence-electron chi connectivity index (χ4n) is 1.79. The first-order valence-corrected chi connectivity index (χ1v) is 9.25. The standard InChI is InChI=1S/C12H26.C7H14O3/c1-3-5-7-9-11-12-10-8-6-4-2;1-5-7(3,4)10-9-6(2)8/h3-12H2,1-2H3;5H2,1-4H3. The number of unbranched alkanes of at least 4 members (excludes halogenated alkanes) is 9. The molecule has 134 valence electrons. The molecule has 0 heterocycles. The van der Waals surface area contributed by atoms with Gasteiger partial charge < -0.3 is 0 Å². The molecule has 0 saturated carbocycles. The first-order chi connectivity index (χ1) is 10.4. The number of carbonyl (C=O) groups is 1. The molecule has 0 aromatic heterocycles. The van der Waals surface area contributed by atoms with Gasteiger partial charge in [-0.3, -0.25) is 4.89 Å². The molecule has 0 aliphatic carbocycles. The Balaban J connectivity index is 0. The molecule has 3 heteroatoms. The molecule has 0 saturated heterocycles. The zero-order valence-electron chi connectivity index (χ0n) is 16.0. The first kappa shape index (κ1) is 23.7. The fraction of sp³-hybridized carbons (Fsp3) is 0.947. The van der Waals surface area contributed by atoms with Crippen LogP contribution in [0.3, 0.4) is 0 Å². The Labute approximate surface area is 139 Å². The van der Waals surface area contributed by atoms with Gasteiger partial charge in [0.25, 0.3) is 0 Å². The average Bonchev–Trinajstić information content (AvgIpc) is 2.49. The smallest absolute Gasteiger partial charge is 0.298 e. The van der Waals surface area contributed by atoms with E-state index in [4.69, 9.17) is 4.89 Å². The van der Waals surface area contributed by atoms with Gasteiger partial charge in [-0.05, 0) is 20.3 Å². The average molecular weight is 317 g/mol. The quantitative estimate of drug-likeness (QED) is 0.231. The van der Waals surface area contributed by atoms with Gasteiger partial charge in [-0.15, -0.1) is 0 Å². The Hall–Kier alpha value is -0.570. The Kier molecular flexibility index (Phi) is 18.1. The van der Waals surface area contributed by atoms with Crippen LogP contribution in [0, 0.1) is 0 Å². The minimum atomic E-state index is -0.415. The van der Waals surface area contributed by atoms with Crippen LogP contribution in [0.4, 0.5) is 0 Å². The van der Waals surface area contributed by atoms with E-state index in [2.05, 4.69) is 18.7 Å². The molecule has 0 spiro atoms. The van der Waals surface area contributed by atoms with Crippen LogP contribution in [0.2, 0.25) is 0 Å². The lowest BCUT2D eigenvalue weighted by molar-refractivity contribution is -0.323. The third kappa shape index (κ3) is 21.7. The molecule has 0 fully saturated rings. The van der Waals surface area contributed by atoms with E-state index in [1.165, 1.54) is 71.1 Å². The largest absolute Gasteiger partial charge is 0.339 e. The maximum Gasteiger partial charge on any atom is 0.339 e. The van der Waals surface area contributed by atoms with Crippen LogP contribution in [0.1, 0.15) is 112 Å². The van der Waals surface area contributed by atoms with E-state index in [0.717, 1.165) is 6.42 Å². The molecule has 0 radical (unpaired) electrons. The summed E-state index contributed by atoms with van der Waals surface area (Å²) in [5.74, 6) is -0.415. The fourth-order valence-corrected chi connectivity index (χ4v) is 1.79. The SMILES string of the molecule is CCC(C)(C)OOC(C)=O.CCCCCCCCCCCC. The van der Waals surface area contributed by atoms with Crippen LogP contribution in [-0.2, 0) is 14.6 Å². The molecule has 22 heavy (non-hydrogen) atoms. The lowest BCUT2D eigenvalue weighted by atomic mass is 10.1. The highest BCUT2D eigenvalue weighted by Crippen LogP contribution is 2.13. The highest BCUT2D eigenvalue weighted by Gasteiger charge is 2.17. The summed E-state index contributed by atoms with van der Waals surface area (Å²) in [7, 11) is 0. The Morgan fingerprint density at radius 2 is 1.14 bits per heavy atom. The van der Waals surface area contributed by atoms with Crippen molar-refractivity contribution in [3.05, 3.63) is 0 Å². The Morgan fingerprint density at radius 1 is 0.773 bits per heavy atom. The molecular weight excluding hydrogens is 276 g/mol. The van der Waals surface area contributed by atoms with Crippen LogP contribution in [0.25, 0.3) is 0 Å². The number of hydrogen-bond donors (Lipinski definition) is 0. The third-order valence-electron chi connectivity index (χ3n) is 3.69. The van der Waals surface area contributed by atoms with E-state index in [1.807, 2.05) is 20.8 Å². The normalized spacial score (nSPS) is 10.8. The molecule has 0 rings (SSSR count). The lowest BCUT2D eigenvalue weighted by Crippen LogP contribution is -2.24. The molecule has 0 aromatic carbocycles. The van der Waals surface area contributed by atoms with E-state index >= 15 is 0 Å². The van der Waals surface area contributed by atoms with Crippen molar-refractivity contribution >= 4 is 5.97 Å². The minimum Gasteiger partial charge on any atom is -0.298 e. The Morgan fingerprint density at radius 3 is 1.41 bits per heavy atom. The van der Waals surface area contributed by atoms with Crippen LogP contribution < -0.4 is 0 Å². The zero-order chi connectivity index (χ0) is 17.3. The number of rotatable bonds is 12. The molecular formula is C19H40O3. The summed E-state index contributed by atoms with van der Waals surface area (Å²) < 4.78 is 0. The van der Waals surface area contributed by atoms with Crippen LogP contribution in [-0.4, -0.2) is 11.6 Å². The highest BCUT2D eigenvalue weighted by atomic mass is 17.2. The summed E-state index contributed by atoms with van der Waals surface area (Å²) in [5, 5.41) is 0. The molecule has 0 aliphatic heterocycles. The van der Waals surface area contributed by atoms with Gasteiger partial charge in [0.15, 0.2) is 0 Å². The van der Waals surface area contributed by atoms with E-state index in [9.17, 15) is 4.79 Å². The van der Waals surface area contributed by atoms with E-state index in [0.29, 0.717) is 0 Å². The molecule has 0 aliphatic rings. The van der Waals surface area contributed by atoms with Crippen molar-refractivity contribution in [1.29, 1.82) is 0 Å². The van der Waals surface area contributed by atoms with Gasteiger partial charge in [0.2, 0.25) is 0 Å². The zero-order valence-corrected chi connectivity index (χ0v) is 16.0. The van der Waals surface area contributed by atoms with Crippen molar-refractivity contribution in [3.63, 3.8) is 0 Å². The molecule has 0 bridgehead atoms. The second-order valence-electron chi connectivity index (χ2n) is 6.60. The van der Waals surface area contributed by atoms with E-state index < -0.39 is 5.97 Å². The van der Waals surface area contributed by atoms with Gasteiger partial charge >= 0.3 is 5.97 Å². The molecule has 0 amide bonds. The van der Waals surface area contributed by atoms with Crippen LogP contribution in [0.5, 0.6) is 0 Å². The van der Waals surface area contributed by atoms with E-state index in [1.54, 1.807) is 0 Å². The second-order valence-corrected chi connectivity index (χ2v) is 6.60. The summed E-state index contributed by atoms with van der Waals surface area (Å²) >= 11 is 0. The summed E-state index contributed by atoms with van der Waals surface area (Å²) in [5.41, 5.74) is -0.369. The van der Waals surface area contributed by atoms with Gasteiger partial charge in [-0.1, -0.05) is 85.0 Å². The van der Waals surface area contributed by atoms with Gasteiger partial charge in [0, 0.05) is 6.92 Å². The number of carbonyl (C=O) groups excluding carboxylic acids is 1. The highest BCUT2D eigenvalue weighted by molar-refractivity contribution is 5.65. The summed E-state index contributed by atoms with van der Waals surface area (Å²) in [4.78, 5) is 19.4. The second kappa shape index (κ2) is 16.8. The predicted molar refractivity (Wildman–Crippen MR) is 94.7 cm³/mol. The van der Waals surface area contributed by atoms with Crippen LogP contribution >= 0.6 is 0 Å². The van der Waals surface area contributed by atoms with Gasteiger partial charge in [-0.2, -0.15) is 4.89 Å². The van der Waals surface area contributed by atoms with Crippen LogP contribution in [0.15, 0.2) is 0 Å². The van der Waals surface area contributed by atoms with Gasteiger partial charge in [0.05, 0.1) is 0 Å². The summed E-state index contributed by atoms with van der Waals surface area (Å²) in [6, 6.07) is 0. The maximum atomic E-state index is 10.3.